The Kier molecular flexibility index (Phi) is 4.58. The van der Waals surface area contributed by atoms with Crippen LogP contribution in [-0.4, -0.2) is 54.3 Å². The maximum Gasteiger partial charge on any atom is 0.231 e. The van der Waals surface area contributed by atoms with Crippen molar-refractivity contribution >= 4 is 11.8 Å². The lowest BCUT2D eigenvalue weighted by Gasteiger charge is -2.36. The van der Waals surface area contributed by atoms with Gasteiger partial charge in [0.15, 0.2) is 0 Å². The molecule has 102 valence electrons. The molecule has 0 spiro atoms. The Bertz CT molecular complexity index is 305. The van der Waals surface area contributed by atoms with E-state index in [1.165, 1.54) is 19.3 Å². The number of amides is 2. The molecule has 0 bridgehead atoms. The molecule has 0 radical (unpaired) electrons. The average Bonchev–Trinajstić information content (AvgIpc) is 2.39. The summed E-state index contributed by atoms with van der Waals surface area (Å²) < 4.78 is 0. The summed E-state index contributed by atoms with van der Waals surface area (Å²) in [4.78, 5) is 27.1. The first kappa shape index (κ1) is 13.3. The molecule has 1 aliphatic heterocycles. The number of nitrogens with zero attached hydrogens (tertiary/aromatic N) is 2. The van der Waals surface area contributed by atoms with Crippen LogP contribution in [0.2, 0.25) is 0 Å². The van der Waals surface area contributed by atoms with Crippen LogP contribution in [0.15, 0.2) is 0 Å². The topological polar surface area (TPSA) is 66.6 Å². The molecule has 0 aromatic carbocycles. The maximum absolute atomic E-state index is 12.3. The molecule has 2 aliphatic rings. The molecule has 2 amide bonds. The molecule has 2 fully saturated rings. The number of carbonyl (C=O) groups is 2. The SMILES string of the molecule is NC(=O)CN1CCN(C(=O)C2CCCCC2)CC1. The van der Waals surface area contributed by atoms with E-state index in [4.69, 9.17) is 5.73 Å². The van der Waals surface area contributed by atoms with Gasteiger partial charge in [-0.25, -0.2) is 0 Å². The molecule has 0 aromatic heterocycles. The third-order valence-electron chi connectivity index (χ3n) is 4.02. The Balaban J connectivity index is 1.78. The van der Waals surface area contributed by atoms with E-state index in [1.807, 2.05) is 9.80 Å². The van der Waals surface area contributed by atoms with Gasteiger partial charge in [0.1, 0.15) is 0 Å². The van der Waals surface area contributed by atoms with E-state index in [9.17, 15) is 9.59 Å². The van der Waals surface area contributed by atoms with Gasteiger partial charge in [-0.05, 0) is 12.8 Å². The molecule has 1 heterocycles. The molecule has 0 unspecified atom stereocenters. The minimum absolute atomic E-state index is 0.251. The van der Waals surface area contributed by atoms with E-state index < -0.39 is 0 Å². The van der Waals surface area contributed by atoms with Crippen LogP contribution in [0, 0.1) is 5.92 Å². The molecule has 1 saturated heterocycles. The summed E-state index contributed by atoms with van der Waals surface area (Å²) in [5, 5.41) is 0. The molecule has 5 heteroatoms. The van der Waals surface area contributed by atoms with Crippen LogP contribution in [0.1, 0.15) is 32.1 Å². The van der Waals surface area contributed by atoms with Crippen LogP contribution in [0.4, 0.5) is 0 Å². The summed E-state index contributed by atoms with van der Waals surface area (Å²) in [6.07, 6.45) is 5.77. The number of rotatable bonds is 3. The quantitative estimate of drug-likeness (QED) is 0.781. The third kappa shape index (κ3) is 3.45. The summed E-state index contributed by atoms with van der Waals surface area (Å²) in [7, 11) is 0. The largest absolute Gasteiger partial charge is 0.369 e. The number of hydrogen-bond donors (Lipinski definition) is 1. The second kappa shape index (κ2) is 6.18. The highest BCUT2D eigenvalue weighted by molar-refractivity contribution is 5.79. The highest BCUT2D eigenvalue weighted by Crippen LogP contribution is 2.25. The zero-order valence-corrected chi connectivity index (χ0v) is 10.9. The van der Waals surface area contributed by atoms with E-state index >= 15 is 0 Å². The minimum atomic E-state index is -0.290. The van der Waals surface area contributed by atoms with Crippen LogP contribution in [0.5, 0.6) is 0 Å². The van der Waals surface area contributed by atoms with Gasteiger partial charge in [-0.1, -0.05) is 19.3 Å². The van der Waals surface area contributed by atoms with Crippen molar-refractivity contribution in [2.45, 2.75) is 32.1 Å². The molecule has 5 nitrogen and oxygen atoms in total. The fraction of sp³-hybridized carbons (Fsp3) is 0.846. The average molecular weight is 253 g/mol. The molecule has 1 aliphatic carbocycles. The van der Waals surface area contributed by atoms with Crippen molar-refractivity contribution in [3.63, 3.8) is 0 Å². The molecule has 0 aromatic rings. The molecule has 2 N–H and O–H groups in total. The normalized spacial score (nSPS) is 23.0. The van der Waals surface area contributed by atoms with Gasteiger partial charge in [-0.3, -0.25) is 14.5 Å². The van der Waals surface area contributed by atoms with Gasteiger partial charge in [0.2, 0.25) is 11.8 Å². The second-order valence-corrected chi connectivity index (χ2v) is 5.40. The van der Waals surface area contributed by atoms with Crippen molar-refractivity contribution in [2.24, 2.45) is 11.7 Å². The first-order valence-electron chi connectivity index (χ1n) is 6.96. The van der Waals surface area contributed by atoms with Crippen molar-refractivity contribution < 1.29 is 9.59 Å². The van der Waals surface area contributed by atoms with Crippen molar-refractivity contribution in [2.75, 3.05) is 32.7 Å². The molecule has 2 rings (SSSR count). The number of primary amides is 1. The maximum atomic E-state index is 12.3. The van der Waals surface area contributed by atoms with Crippen LogP contribution >= 0.6 is 0 Å². The van der Waals surface area contributed by atoms with E-state index in [-0.39, 0.29) is 11.8 Å². The Labute approximate surface area is 108 Å². The van der Waals surface area contributed by atoms with Crippen molar-refractivity contribution in [3.8, 4) is 0 Å². The first-order chi connectivity index (χ1) is 8.66. The van der Waals surface area contributed by atoms with Gasteiger partial charge in [0.05, 0.1) is 6.54 Å². The second-order valence-electron chi connectivity index (χ2n) is 5.40. The summed E-state index contributed by atoms with van der Waals surface area (Å²) in [6.45, 7) is 3.32. The van der Waals surface area contributed by atoms with Gasteiger partial charge >= 0.3 is 0 Å². The summed E-state index contributed by atoms with van der Waals surface area (Å²) in [5.41, 5.74) is 5.17. The lowest BCUT2D eigenvalue weighted by molar-refractivity contribution is -0.138. The lowest BCUT2D eigenvalue weighted by atomic mass is 9.88. The Morgan fingerprint density at radius 1 is 1.00 bits per heavy atom. The van der Waals surface area contributed by atoms with Gasteiger partial charge in [-0.15, -0.1) is 0 Å². The lowest BCUT2D eigenvalue weighted by Crippen LogP contribution is -2.52. The Morgan fingerprint density at radius 2 is 1.61 bits per heavy atom. The monoisotopic (exact) mass is 253 g/mol. The number of hydrogen-bond acceptors (Lipinski definition) is 3. The van der Waals surface area contributed by atoms with Gasteiger partial charge < -0.3 is 10.6 Å². The highest BCUT2D eigenvalue weighted by atomic mass is 16.2. The molecule has 18 heavy (non-hydrogen) atoms. The zero-order valence-electron chi connectivity index (χ0n) is 10.9. The van der Waals surface area contributed by atoms with Gasteiger partial charge in [-0.2, -0.15) is 0 Å². The first-order valence-corrected chi connectivity index (χ1v) is 6.96. The highest BCUT2D eigenvalue weighted by Gasteiger charge is 2.28. The Hall–Kier alpha value is -1.10. The summed E-state index contributed by atoms with van der Waals surface area (Å²) >= 11 is 0. The van der Waals surface area contributed by atoms with Crippen LogP contribution in [-0.2, 0) is 9.59 Å². The molecular weight excluding hydrogens is 230 g/mol. The molecule has 1 saturated carbocycles. The summed E-state index contributed by atoms with van der Waals surface area (Å²) in [6, 6.07) is 0. The van der Waals surface area contributed by atoms with E-state index in [2.05, 4.69) is 0 Å². The fourth-order valence-electron chi connectivity index (χ4n) is 2.95. The van der Waals surface area contributed by atoms with Crippen LogP contribution in [0.25, 0.3) is 0 Å². The Morgan fingerprint density at radius 3 is 2.17 bits per heavy atom. The zero-order chi connectivity index (χ0) is 13.0. The number of nitrogens with two attached hydrogens (primary N) is 1. The van der Waals surface area contributed by atoms with Crippen molar-refractivity contribution in [1.29, 1.82) is 0 Å². The third-order valence-corrected chi connectivity index (χ3v) is 4.02. The van der Waals surface area contributed by atoms with Crippen molar-refractivity contribution in [1.82, 2.24) is 9.80 Å². The van der Waals surface area contributed by atoms with Crippen molar-refractivity contribution in [3.05, 3.63) is 0 Å². The predicted octanol–water partition coefficient (Wildman–Crippen LogP) is 0.196. The number of carbonyl (C=O) groups excluding carboxylic acids is 2. The molecule has 0 atom stereocenters. The van der Waals surface area contributed by atoms with E-state index in [1.54, 1.807) is 0 Å². The predicted molar refractivity (Wildman–Crippen MR) is 68.8 cm³/mol. The van der Waals surface area contributed by atoms with Crippen LogP contribution in [0.3, 0.4) is 0 Å². The summed E-state index contributed by atoms with van der Waals surface area (Å²) in [5.74, 6) is 0.289. The molecular formula is C13H23N3O2. The smallest absolute Gasteiger partial charge is 0.231 e. The number of piperazine rings is 1. The van der Waals surface area contributed by atoms with E-state index in [0.717, 1.165) is 39.0 Å². The van der Waals surface area contributed by atoms with E-state index in [0.29, 0.717) is 12.5 Å². The van der Waals surface area contributed by atoms with Crippen LogP contribution < -0.4 is 5.73 Å². The minimum Gasteiger partial charge on any atom is -0.369 e. The van der Waals surface area contributed by atoms with Gasteiger partial charge in [0, 0.05) is 32.1 Å². The standard InChI is InChI=1S/C13H23N3O2/c14-12(17)10-15-6-8-16(9-7-15)13(18)11-4-2-1-3-5-11/h11H,1-10H2,(H2,14,17). The fourth-order valence-corrected chi connectivity index (χ4v) is 2.95. The van der Waals surface area contributed by atoms with Gasteiger partial charge in [0.25, 0.3) is 0 Å².